The molecule has 2 heteroatoms. The molecule has 0 amide bonds. The molecule has 4 aliphatic rings. The van der Waals surface area contributed by atoms with Crippen LogP contribution in [0.15, 0.2) is 11.6 Å². The molecule has 0 atom stereocenters. The predicted octanol–water partition coefficient (Wildman–Crippen LogP) is 3.23. The Labute approximate surface area is 96.7 Å². The van der Waals surface area contributed by atoms with Crippen molar-refractivity contribution in [3.05, 3.63) is 11.6 Å². The minimum Gasteiger partial charge on any atom is -0.478 e. The van der Waals surface area contributed by atoms with Gasteiger partial charge in [0.15, 0.2) is 0 Å². The Hall–Kier alpha value is -0.790. The van der Waals surface area contributed by atoms with Crippen molar-refractivity contribution in [1.29, 1.82) is 0 Å². The fraction of sp³-hybridized carbons (Fsp3) is 0.786. The van der Waals surface area contributed by atoms with Gasteiger partial charge in [-0.3, -0.25) is 0 Å². The third kappa shape index (κ3) is 1.59. The van der Waals surface area contributed by atoms with Gasteiger partial charge in [0.05, 0.1) is 0 Å². The van der Waals surface area contributed by atoms with Crippen LogP contribution >= 0.6 is 0 Å². The molecule has 0 aromatic carbocycles. The van der Waals surface area contributed by atoms with Gasteiger partial charge < -0.3 is 5.11 Å². The average molecular weight is 220 g/mol. The lowest BCUT2D eigenvalue weighted by atomic mass is 9.49. The van der Waals surface area contributed by atoms with E-state index in [1.54, 1.807) is 6.92 Å². The number of allylic oxidation sites excluding steroid dienone is 1. The van der Waals surface area contributed by atoms with E-state index < -0.39 is 5.97 Å². The first kappa shape index (κ1) is 10.4. The van der Waals surface area contributed by atoms with Gasteiger partial charge in [-0.2, -0.15) is 0 Å². The fourth-order valence-corrected chi connectivity index (χ4v) is 4.88. The van der Waals surface area contributed by atoms with E-state index in [0.717, 1.165) is 17.8 Å². The van der Waals surface area contributed by atoms with E-state index in [0.29, 0.717) is 5.57 Å². The highest BCUT2D eigenvalue weighted by atomic mass is 16.4. The lowest BCUT2D eigenvalue weighted by Gasteiger charge is -2.56. The van der Waals surface area contributed by atoms with Gasteiger partial charge in [0, 0.05) is 5.57 Å². The van der Waals surface area contributed by atoms with Gasteiger partial charge >= 0.3 is 5.97 Å². The molecule has 0 radical (unpaired) electrons. The standard InChI is InChI=1S/C14H20O2/c1-9(13(15)16)5-14-6-10-2-11(7-14)4-12(3-10)8-14/h5,10-12H,2-4,6-8H2,1H3,(H,15,16)/b9-5+. The van der Waals surface area contributed by atoms with Crippen LogP contribution < -0.4 is 0 Å². The van der Waals surface area contributed by atoms with E-state index >= 15 is 0 Å². The highest BCUT2D eigenvalue weighted by Gasteiger charge is 2.49. The number of hydrogen-bond acceptors (Lipinski definition) is 1. The molecule has 4 rings (SSSR count). The average Bonchev–Trinajstić information content (AvgIpc) is 2.13. The maximum absolute atomic E-state index is 11.0. The molecule has 4 bridgehead atoms. The van der Waals surface area contributed by atoms with Crippen LogP contribution in [0.4, 0.5) is 0 Å². The van der Waals surface area contributed by atoms with Crippen molar-refractivity contribution in [3.63, 3.8) is 0 Å². The Bertz CT molecular complexity index is 318. The van der Waals surface area contributed by atoms with Crippen molar-refractivity contribution in [2.75, 3.05) is 0 Å². The van der Waals surface area contributed by atoms with Crippen molar-refractivity contribution in [2.24, 2.45) is 23.2 Å². The number of rotatable bonds is 2. The third-order valence-corrected chi connectivity index (χ3v) is 4.95. The third-order valence-electron chi connectivity index (χ3n) is 4.95. The Morgan fingerprint density at radius 3 is 1.94 bits per heavy atom. The quantitative estimate of drug-likeness (QED) is 0.725. The maximum atomic E-state index is 11.0. The summed E-state index contributed by atoms with van der Waals surface area (Å²) in [4.78, 5) is 11.0. The predicted molar refractivity (Wildman–Crippen MR) is 62.0 cm³/mol. The van der Waals surface area contributed by atoms with Crippen LogP contribution in [0.3, 0.4) is 0 Å². The molecular weight excluding hydrogens is 200 g/mol. The van der Waals surface area contributed by atoms with E-state index in [-0.39, 0.29) is 5.41 Å². The summed E-state index contributed by atoms with van der Waals surface area (Å²) in [7, 11) is 0. The topological polar surface area (TPSA) is 37.3 Å². The molecule has 2 nitrogen and oxygen atoms in total. The number of carboxylic acids is 1. The molecule has 88 valence electrons. The molecule has 4 saturated carbocycles. The monoisotopic (exact) mass is 220 g/mol. The first-order valence-corrected chi connectivity index (χ1v) is 6.49. The van der Waals surface area contributed by atoms with Crippen LogP contribution in [0.5, 0.6) is 0 Å². The van der Waals surface area contributed by atoms with Gasteiger partial charge in [-0.05, 0) is 68.6 Å². The SMILES string of the molecule is C/C(=C\C12CC3CC(CC(C3)C1)C2)C(=O)O. The van der Waals surface area contributed by atoms with Gasteiger partial charge in [-0.15, -0.1) is 0 Å². The van der Waals surface area contributed by atoms with Crippen LogP contribution in [0.25, 0.3) is 0 Å². The molecule has 4 aliphatic carbocycles. The largest absolute Gasteiger partial charge is 0.478 e. The molecule has 0 spiro atoms. The molecule has 0 heterocycles. The van der Waals surface area contributed by atoms with Crippen molar-refractivity contribution in [1.82, 2.24) is 0 Å². The van der Waals surface area contributed by atoms with Crippen LogP contribution in [0.1, 0.15) is 45.4 Å². The number of hydrogen-bond donors (Lipinski definition) is 1. The highest BCUT2D eigenvalue weighted by Crippen LogP contribution is 2.60. The molecular formula is C14H20O2. The molecule has 0 unspecified atom stereocenters. The Kier molecular flexibility index (Phi) is 2.17. The van der Waals surface area contributed by atoms with E-state index in [1.165, 1.54) is 38.5 Å². The minimum absolute atomic E-state index is 0.261. The minimum atomic E-state index is -0.740. The summed E-state index contributed by atoms with van der Waals surface area (Å²) in [6, 6.07) is 0. The molecule has 0 aliphatic heterocycles. The van der Waals surface area contributed by atoms with Gasteiger partial charge in [0.1, 0.15) is 0 Å². The van der Waals surface area contributed by atoms with Crippen LogP contribution in [-0.2, 0) is 4.79 Å². The zero-order chi connectivity index (χ0) is 11.3. The van der Waals surface area contributed by atoms with Gasteiger partial charge in [0.2, 0.25) is 0 Å². The summed E-state index contributed by atoms with van der Waals surface area (Å²) < 4.78 is 0. The van der Waals surface area contributed by atoms with E-state index in [9.17, 15) is 4.79 Å². The summed E-state index contributed by atoms with van der Waals surface area (Å²) >= 11 is 0. The van der Waals surface area contributed by atoms with E-state index in [4.69, 9.17) is 5.11 Å². The summed E-state index contributed by atoms with van der Waals surface area (Å²) in [5.41, 5.74) is 0.818. The second kappa shape index (κ2) is 3.35. The van der Waals surface area contributed by atoms with Crippen molar-refractivity contribution in [3.8, 4) is 0 Å². The smallest absolute Gasteiger partial charge is 0.330 e. The second-order valence-corrected chi connectivity index (χ2v) is 6.41. The number of carboxylic acid groups (broad SMARTS) is 1. The van der Waals surface area contributed by atoms with Crippen molar-refractivity contribution >= 4 is 5.97 Å². The zero-order valence-electron chi connectivity index (χ0n) is 9.91. The molecule has 16 heavy (non-hydrogen) atoms. The molecule has 1 N–H and O–H groups in total. The van der Waals surface area contributed by atoms with E-state index in [1.807, 2.05) is 0 Å². The molecule has 0 saturated heterocycles. The van der Waals surface area contributed by atoms with Crippen molar-refractivity contribution < 1.29 is 9.90 Å². The highest BCUT2D eigenvalue weighted by molar-refractivity contribution is 5.85. The lowest BCUT2D eigenvalue weighted by molar-refractivity contribution is -0.132. The molecule has 4 fully saturated rings. The van der Waals surface area contributed by atoms with Gasteiger partial charge in [-0.1, -0.05) is 6.08 Å². The summed E-state index contributed by atoms with van der Waals surface area (Å²) in [5, 5.41) is 9.02. The lowest BCUT2D eigenvalue weighted by Crippen LogP contribution is -2.45. The Morgan fingerprint density at radius 1 is 1.12 bits per heavy atom. The number of aliphatic carboxylic acids is 1. The van der Waals surface area contributed by atoms with Crippen LogP contribution in [-0.4, -0.2) is 11.1 Å². The molecule has 0 aromatic heterocycles. The molecule has 0 aromatic rings. The summed E-state index contributed by atoms with van der Waals surface area (Å²) in [6.07, 6.45) is 10.1. The normalized spacial score (nSPS) is 46.1. The summed E-state index contributed by atoms with van der Waals surface area (Å²) in [6.45, 7) is 1.75. The van der Waals surface area contributed by atoms with Crippen LogP contribution in [0, 0.1) is 23.2 Å². The second-order valence-electron chi connectivity index (χ2n) is 6.41. The first-order valence-electron chi connectivity index (χ1n) is 6.49. The first-order chi connectivity index (χ1) is 7.56. The van der Waals surface area contributed by atoms with Crippen molar-refractivity contribution in [2.45, 2.75) is 45.4 Å². The van der Waals surface area contributed by atoms with Gasteiger partial charge in [0.25, 0.3) is 0 Å². The number of carbonyl (C=O) groups is 1. The van der Waals surface area contributed by atoms with E-state index in [2.05, 4.69) is 6.08 Å². The summed E-state index contributed by atoms with van der Waals surface area (Å²) in [5.74, 6) is 1.94. The van der Waals surface area contributed by atoms with Gasteiger partial charge in [-0.25, -0.2) is 4.79 Å². The zero-order valence-corrected chi connectivity index (χ0v) is 9.91. The Morgan fingerprint density at radius 2 is 1.56 bits per heavy atom. The fourth-order valence-electron chi connectivity index (χ4n) is 4.88. The Balaban J connectivity index is 1.89. The van der Waals surface area contributed by atoms with Crippen LogP contribution in [0.2, 0.25) is 0 Å². The maximum Gasteiger partial charge on any atom is 0.330 e.